The van der Waals surface area contributed by atoms with Crippen LogP contribution in [0.5, 0.6) is 5.75 Å². The number of carboxylic acids is 1. The lowest BCUT2D eigenvalue weighted by Gasteiger charge is -2.20. The smallest absolute Gasteiger partial charge is 0.304 e. The standard InChI is InChI=1S/C13H16O4/c1-13(2,8-11(14)15)12(16)9-5-4-6-10(7-9)17-3/h4-7H,8H2,1-3H3,(H,14,15). The van der Waals surface area contributed by atoms with Gasteiger partial charge < -0.3 is 9.84 Å². The van der Waals surface area contributed by atoms with E-state index in [0.717, 1.165) is 0 Å². The Bertz CT molecular complexity index is 435. The second kappa shape index (κ2) is 4.99. The largest absolute Gasteiger partial charge is 0.497 e. The van der Waals surface area contributed by atoms with Crippen LogP contribution in [0.15, 0.2) is 24.3 Å². The number of methoxy groups -OCH3 is 1. The number of carboxylic acid groups (broad SMARTS) is 1. The maximum absolute atomic E-state index is 12.2. The van der Waals surface area contributed by atoms with Crippen LogP contribution in [-0.2, 0) is 4.79 Å². The van der Waals surface area contributed by atoms with Crippen molar-refractivity contribution in [3.05, 3.63) is 29.8 Å². The van der Waals surface area contributed by atoms with Crippen LogP contribution in [0, 0.1) is 5.41 Å². The molecule has 1 rings (SSSR count). The van der Waals surface area contributed by atoms with Crippen LogP contribution in [0.2, 0.25) is 0 Å². The molecule has 0 aliphatic heterocycles. The number of hydrogen-bond donors (Lipinski definition) is 1. The van der Waals surface area contributed by atoms with Gasteiger partial charge in [-0.15, -0.1) is 0 Å². The number of benzene rings is 1. The van der Waals surface area contributed by atoms with E-state index in [1.165, 1.54) is 7.11 Å². The fraction of sp³-hybridized carbons (Fsp3) is 0.385. The Kier molecular flexibility index (Phi) is 3.89. The van der Waals surface area contributed by atoms with Gasteiger partial charge in [0, 0.05) is 11.0 Å². The third kappa shape index (κ3) is 3.31. The van der Waals surface area contributed by atoms with Crippen molar-refractivity contribution in [1.29, 1.82) is 0 Å². The summed E-state index contributed by atoms with van der Waals surface area (Å²) in [4.78, 5) is 22.8. The molecule has 0 spiro atoms. The van der Waals surface area contributed by atoms with Crippen molar-refractivity contribution in [3.8, 4) is 5.75 Å². The molecule has 0 saturated heterocycles. The quantitative estimate of drug-likeness (QED) is 0.797. The van der Waals surface area contributed by atoms with E-state index in [9.17, 15) is 9.59 Å². The lowest BCUT2D eigenvalue weighted by Crippen LogP contribution is -2.27. The Labute approximate surface area is 100 Å². The topological polar surface area (TPSA) is 63.6 Å². The van der Waals surface area contributed by atoms with Crippen molar-refractivity contribution >= 4 is 11.8 Å². The molecule has 0 saturated carbocycles. The number of hydrogen-bond acceptors (Lipinski definition) is 3. The highest BCUT2D eigenvalue weighted by atomic mass is 16.5. The van der Waals surface area contributed by atoms with Gasteiger partial charge in [-0.1, -0.05) is 26.0 Å². The summed E-state index contributed by atoms with van der Waals surface area (Å²) in [5.74, 6) is -0.591. The molecule has 0 amide bonds. The first kappa shape index (κ1) is 13.2. The summed E-state index contributed by atoms with van der Waals surface area (Å²) in [5.41, 5.74) is -0.450. The minimum atomic E-state index is -0.980. The summed E-state index contributed by atoms with van der Waals surface area (Å²) < 4.78 is 5.03. The first-order valence-corrected chi connectivity index (χ1v) is 5.27. The average molecular weight is 236 g/mol. The van der Waals surface area contributed by atoms with Crippen molar-refractivity contribution in [1.82, 2.24) is 0 Å². The number of ether oxygens (including phenoxy) is 1. The van der Waals surface area contributed by atoms with Crippen LogP contribution in [0.4, 0.5) is 0 Å². The zero-order chi connectivity index (χ0) is 13.1. The molecule has 4 nitrogen and oxygen atoms in total. The van der Waals surface area contributed by atoms with E-state index in [-0.39, 0.29) is 12.2 Å². The maximum atomic E-state index is 12.2. The third-order valence-corrected chi connectivity index (χ3v) is 2.54. The van der Waals surface area contributed by atoms with Crippen molar-refractivity contribution < 1.29 is 19.4 Å². The van der Waals surface area contributed by atoms with E-state index < -0.39 is 11.4 Å². The summed E-state index contributed by atoms with van der Waals surface area (Å²) in [5, 5.41) is 8.77. The van der Waals surface area contributed by atoms with Gasteiger partial charge >= 0.3 is 5.97 Å². The van der Waals surface area contributed by atoms with Gasteiger partial charge in [0.05, 0.1) is 13.5 Å². The van der Waals surface area contributed by atoms with Crippen LogP contribution in [0.25, 0.3) is 0 Å². The van der Waals surface area contributed by atoms with Gasteiger partial charge in [-0.2, -0.15) is 0 Å². The Morgan fingerprint density at radius 2 is 2.00 bits per heavy atom. The van der Waals surface area contributed by atoms with E-state index in [4.69, 9.17) is 9.84 Å². The Balaban J connectivity index is 2.98. The number of carbonyl (C=O) groups excluding carboxylic acids is 1. The second-order valence-electron chi connectivity index (χ2n) is 4.52. The summed E-state index contributed by atoms with van der Waals surface area (Å²) in [6.07, 6.45) is -0.191. The monoisotopic (exact) mass is 236 g/mol. The first-order chi connectivity index (χ1) is 7.86. The van der Waals surface area contributed by atoms with Gasteiger partial charge in [-0.3, -0.25) is 9.59 Å². The lowest BCUT2D eigenvalue weighted by molar-refractivity contribution is -0.138. The van der Waals surface area contributed by atoms with Gasteiger partial charge in [-0.25, -0.2) is 0 Å². The van der Waals surface area contributed by atoms with Crippen molar-refractivity contribution in [3.63, 3.8) is 0 Å². The molecule has 4 heteroatoms. The molecule has 0 aliphatic rings. The van der Waals surface area contributed by atoms with Crippen LogP contribution in [-0.4, -0.2) is 24.0 Å². The van der Waals surface area contributed by atoms with Crippen molar-refractivity contribution in [2.75, 3.05) is 7.11 Å². The minimum Gasteiger partial charge on any atom is -0.497 e. The van der Waals surface area contributed by atoms with Gasteiger partial charge in [0.25, 0.3) is 0 Å². The number of rotatable bonds is 5. The highest BCUT2D eigenvalue weighted by molar-refractivity contribution is 6.01. The predicted octanol–water partition coefficient (Wildman–Crippen LogP) is 2.38. The first-order valence-electron chi connectivity index (χ1n) is 5.27. The maximum Gasteiger partial charge on any atom is 0.304 e. The molecule has 0 unspecified atom stereocenters. The average Bonchev–Trinajstić information content (AvgIpc) is 2.26. The van der Waals surface area contributed by atoms with Crippen LogP contribution >= 0.6 is 0 Å². The fourth-order valence-corrected chi connectivity index (χ4v) is 1.61. The van der Waals surface area contributed by atoms with Crippen LogP contribution in [0.1, 0.15) is 30.6 Å². The Hall–Kier alpha value is -1.84. The lowest BCUT2D eigenvalue weighted by atomic mass is 9.81. The van der Waals surface area contributed by atoms with Crippen molar-refractivity contribution in [2.45, 2.75) is 20.3 Å². The van der Waals surface area contributed by atoms with Gasteiger partial charge in [0.1, 0.15) is 5.75 Å². The fourth-order valence-electron chi connectivity index (χ4n) is 1.61. The number of Topliss-reactive ketones (excluding diaryl/α,β-unsaturated/α-hetero) is 1. The van der Waals surface area contributed by atoms with Gasteiger partial charge in [-0.05, 0) is 12.1 Å². The number of ketones is 1. The molecule has 0 atom stereocenters. The van der Waals surface area contributed by atoms with Gasteiger partial charge in [0.15, 0.2) is 5.78 Å². The molecule has 0 fully saturated rings. The second-order valence-corrected chi connectivity index (χ2v) is 4.52. The van der Waals surface area contributed by atoms with Crippen LogP contribution in [0.3, 0.4) is 0 Å². The molecule has 0 aliphatic carbocycles. The van der Waals surface area contributed by atoms with E-state index in [2.05, 4.69) is 0 Å². The molecule has 1 aromatic carbocycles. The summed E-state index contributed by atoms with van der Waals surface area (Å²) in [7, 11) is 1.52. The van der Waals surface area contributed by atoms with E-state index >= 15 is 0 Å². The normalized spacial score (nSPS) is 11.0. The van der Waals surface area contributed by atoms with E-state index in [1.54, 1.807) is 38.1 Å². The summed E-state index contributed by atoms with van der Waals surface area (Å²) in [6, 6.07) is 6.73. The van der Waals surface area contributed by atoms with Gasteiger partial charge in [0.2, 0.25) is 0 Å². The number of carbonyl (C=O) groups is 2. The molecule has 17 heavy (non-hydrogen) atoms. The Morgan fingerprint density at radius 3 is 2.53 bits per heavy atom. The van der Waals surface area contributed by atoms with Crippen LogP contribution < -0.4 is 4.74 Å². The molecular formula is C13H16O4. The molecule has 0 bridgehead atoms. The highest BCUT2D eigenvalue weighted by Gasteiger charge is 2.31. The minimum absolute atomic E-state index is 0.191. The summed E-state index contributed by atoms with van der Waals surface area (Å²) in [6.45, 7) is 3.26. The molecule has 1 aromatic rings. The summed E-state index contributed by atoms with van der Waals surface area (Å²) >= 11 is 0. The molecule has 0 heterocycles. The number of aliphatic carboxylic acids is 1. The molecule has 92 valence electrons. The van der Waals surface area contributed by atoms with E-state index in [1.807, 2.05) is 0 Å². The van der Waals surface area contributed by atoms with Crippen molar-refractivity contribution in [2.24, 2.45) is 5.41 Å². The predicted molar refractivity (Wildman–Crippen MR) is 63.4 cm³/mol. The molecular weight excluding hydrogens is 220 g/mol. The van der Waals surface area contributed by atoms with E-state index in [0.29, 0.717) is 11.3 Å². The third-order valence-electron chi connectivity index (χ3n) is 2.54. The zero-order valence-corrected chi connectivity index (χ0v) is 10.2. The highest BCUT2D eigenvalue weighted by Crippen LogP contribution is 2.27. The molecule has 0 aromatic heterocycles. The molecule has 0 radical (unpaired) electrons. The zero-order valence-electron chi connectivity index (χ0n) is 10.2. The SMILES string of the molecule is COc1cccc(C(=O)C(C)(C)CC(=O)O)c1. The Morgan fingerprint density at radius 1 is 1.35 bits per heavy atom. The molecule has 1 N–H and O–H groups in total.